The highest BCUT2D eigenvalue weighted by Crippen LogP contribution is 2.43. The second kappa shape index (κ2) is 10.8. The Balaban J connectivity index is 1.18. The highest BCUT2D eigenvalue weighted by Gasteiger charge is 2.21. The molecule has 0 bridgehead atoms. The normalized spacial score (nSPS) is 11.9. The predicted molar refractivity (Wildman–Crippen MR) is 213 cm³/mol. The first-order chi connectivity index (χ1) is 25.3. The molecule has 11 aromatic rings. The van der Waals surface area contributed by atoms with Crippen molar-refractivity contribution >= 4 is 65.6 Å². The Morgan fingerprint density at radius 2 is 0.902 bits per heavy atom. The van der Waals surface area contributed by atoms with Gasteiger partial charge in [-0.05, 0) is 76.9 Å². The Hall–Kier alpha value is -6.84. The van der Waals surface area contributed by atoms with Crippen LogP contribution in [-0.2, 0) is 0 Å². The van der Waals surface area contributed by atoms with Gasteiger partial charge in [0, 0.05) is 49.8 Å². The van der Waals surface area contributed by atoms with Crippen LogP contribution in [0.4, 0.5) is 0 Å². The molecule has 0 aliphatic rings. The van der Waals surface area contributed by atoms with Crippen LogP contribution in [0.1, 0.15) is 0 Å². The molecule has 3 aromatic heterocycles. The van der Waals surface area contributed by atoms with Gasteiger partial charge in [-0.15, -0.1) is 0 Å². The first kappa shape index (κ1) is 28.0. The minimum Gasteiger partial charge on any atom is -0.456 e. The molecular formula is C48H30N2O. The molecule has 11 rings (SSSR count). The minimum atomic E-state index is 0.892. The van der Waals surface area contributed by atoms with Gasteiger partial charge in [0.2, 0.25) is 0 Å². The van der Waals surface area contributed by atoms with Crippen molar-refractivity contribution in [3.63, 3.8) is 0 Å². The van der Waals surface area contributed by atoms with Gasteiger partial charge in [-0.3, -0.25) is 0 Å². The van der Waals surface area contributed by atoms with Crippen LogP contribution in [-0.4, -0.2) is 9.13 Å². The average molecular weight is 651 g/mol. The first-order valence-electron chi connectivity index (χ1n) is 17.4. The van der Waals surface area contributed by atoms with E-state index in [2.05, 4.69) is 179 Å². The maximum atomic E-state index is 6.37. The van der Waals surface area contributed by atoms with Gasteiger partial charge in [0.25, 0.3) is 0 Å². The molecule has 0 atom stereocenters. The predicted octanol–water partition coefficient (Wildman–Crippen LogP) is 13.1. The fourth-order valence-electron chi connectivity index (χ4n) is 8.24. The van der Waals surface area contributed by atoms with E-state index in [1.807, 2.05) is 12.1 Å². The Bertz CT molecular complexity index is 3140. The summed E-state index contributed by atoms with van der Waals surface area (Å²) in [6.07, 6.45) is 0. The van der Waals surface area contributed by atoms with Gasteiger partial charge in [-0.25, -0.2) is 0 Å². The lowest BCUT2D eigenvalue weighted by Gasteiger charge is -2.12. The van der Waals surface area contributed by atoms with E-state index in [9.17, 15) is 0 Å². The fraction of sp³-hybridized carbons (Fsp3) is 0. The summed E-state index contributed by atoms with van der Waals surface area (Å²) in [5.74, 6) is 0. The number of rotatable bonds is 4. The number of hydrogen-bond donors (Lipinski definition) is 0. The fourth-order valence-corrected chi connectivity index (χ4v) is 8.24. The van der Waals surface area contributed by atoms with E-state index in [1.54, 1.807) is 0 Å². The zero-order valence-corrected chi connectivity index (χ0v) is 27.6. The smallest absolute Gasteiger partial charge is 0.137 e. The number of benzene rings is 8. The molecule has 0 aliphatic heterocycles. The van der Waals surface area contributed by atoms with Crippen LogP contribution < -0.4 is 0 Å². The molecule has 3 heteroatoms. The third kappa shape index (κ3) is 4.19. The third-order valence-corrected chi connectivity index (χ3v) is 10.5. The van der Waals surface area contributed by atoms with Crippen LogP contribution in [0.2, 0.25) is 0 Å². The van der Waals surface area contributed by atoms with E-state index in [4.69, 9.17) is 4.42 Å². The Morgan fingerprint density at radius 1 is 0.314 bits per heavy atom. The van der Waals surface area contributed by atoms with Crippen LogP contribution in [0, 0.1) is 0 Å². The molecule has 0 N–H and O–H groups in total. The third-order valence-electron chi connectivity index (χ3n) is 10.5. The van der Waals surface area contributed by atoms with E-state index in [0.717, 1.165) is 38.8 Å². The molecule has 3 nitrogen and oxygen atoms in total. The maximum Gasteiger partial charge on any atom is 0.137 e. The van der Waals surface area contributed by atoms with Crippen molar-refractivity contribution in [1.29, 1.82) is 0 Å². The molecule has 8 aromatic carbocycles. The summed E-state index contributed by atoms with van der Waals surface area (Å²) in [5.41, 5.74) is 13.6. The van der Waals surface area contributed by atoms with E-state index < -0.39 is 0 Å². The largest absolute Gasteiger partial charge is 0.456 e. The zero-order valence-electron chi connectivity index (χ0n) is 27.6. The number of aromatic nitrogens is 2. The summed E-state index contributed by atoms with van der Waals surface area (Å²) in [7, 11) is 0. The average Bonchev–Trinajstić information content (AvgIpc) is 3.85. The maximum absolute atomic E-state index is 6.37. The van der Waals surface area contributed by atoms with Gasteiger partial charge in [0.1, 0.15) is 11.2 Å². The molecular weight excluding hydrogens is 621 g/mol. The highest BCUT2D eigenvalue weighted by atomic mass is 16.3. The molecule has 0 fully saturated rings. The highest BCUT2D eigenvalue weighted by molar-refractivity contribution is 6.26. The quantitative estimate of drug-likeness (QED) is 0.186. The molecule has 0 amide bonds. The van der Waals surface area contributed by atoms with Crippen LogP contribution in [0.3, 0.4) is 0 Å². The van der Waals surface area contributed by atoms with Crippen LogP contribution in [0.25, 0.3) is 99.2 Å². The summed E-state index contributed by atoms with van der Waals surface area (Å²) in [6, 6.07) is 65.5. The summed E-state index contributed by atoms with van der Waals surface area (Å²) in [4.78, 5) is 0. The van der Waals surface area contributed by atoms with Crippen LogP contribution >= 0.6 is 0 Å². The van der Waals surface area contributed by atoms with Crippen molar-refractivity contribution < 1.29 is 4.42 Å². The molecule has 238 valence electrons. The lowest BCUT2D eigenvalue weighted by Crippen LogP contribution is -1.96. The summed E-state index contributed by atoms with van der Waals surface area (Å²) < 4.78 is 11.2. The standard InChI is InChI=1S/C48H30N2O/c1-2-12-31(13-3-1)32-14-10-15-33(28-32)34-16-11-17-35(29-34)50-42-21-7-4-18-37(42)40-26-27-44-47(48(40)50)41-20-5-8-22-43(41)49(44)36-24-25-39-38-19-6-9-23-45(38)51-46(39)30-36/h1-30H. The van der Waals surface area contributed by atoms with E-state index in [-0.39, 0.29) is 0 Å². The van der Waals surface area contributed by atoms with Gasteiger partial charge >= 0.3 is 0 Å². The Morgan fingerprint density at radius 3 is 1.75 bits per heavy atom. The molecule has 0 aliphatic carbocycles. The van der Waals surface area contributed by atoms with E-state index in [0.29, 0.717) is 0 Å². The minimum absolute atomic E-state index is 0.892. The summed E-state index contributed by atoms with van der Waals surface area (Å²) in [5, 5.41) is 7.21. The van der Waals surface area contributed by atoms with Crippen molar-refractivity contribution in [1.82, 2.24) is 9.13 Å². The van der Waals surface area contributed by atoms with Crippen LogP contribution in [0.5, 0.6) is 0 Å². The first-order valence-corrected chi connectivity index (χ1v) is 17.4. The number of hydrogen-bond acceptors (Lipinski definition) is 1. The number of fused-ring (bicyclic) bond motifs is 10. The number of para-hydroxylation sites is 3. The summed E-state index contributed by atoms with van der Waals surface area (Å²) >= 11 is 0. The zero-order chi connectivity index (χ0) is 33.5. The number of furan rings is 1. The molecule has 0 unspecified atom stereocenters. The molecule has 0 saturated carbocycles. The van der Waals surface area contributed by atoms with E-state index >= 15 is 0 Å². The SMILES string of the molecule is c1ccc(-c2cccc(-c3cccc(-n4c5ccccc5c5ccc6c(c7ccccc7n6-c6ccc7c(c6)oc6ccccc67)c54)c3)c2)cc1. The lowest BCUT2D eigenvalue weighted by molar-refractivity contribution is 0.668. The number of nitrogens with zero attached hydrogens (tertiary/aromatic N) is 2. The van der Waals surface area contributed by atoms with Crippen molar-refractivity contribution in [3.8, 4) is 33.6 Å². The van der Waals surface area contributed by atoms with Crippen molar-refractivity contribution in [2.45, 2.75) is 0 Å². The molecule has 0 radical (unpaired) electrons. The van der Waals surface area contributed by atoms with Gasteiger partial charge in [0.15, 0.2) is 0 Å². The second-order valence-corrected chi connectivity index (χ2v) is 13.3. The van der Waals surface area contributed by atoms with Crippen molar-refractivity contribution in [2.24, 2.45) is 0 Å². The molecule has 3 heterocycles. The van der Waals surface area contributed by atoms with E-state index in [1.165, 1.54) is 60.3 Å². The van der Waals surface area contributed by atoms with Crippen molar-refractivity contribution in [2.75, 3.05) is 0 Å². The van der Waals surface area contributed by atoms with Gasteiger partial charge in [-0.2, -0.15) is 0 Å². The van der Waals surface area contributed by atoms with Gasteiger partial charge in [0.05, 0.1) is 22.1 Å². The van der Waals surface area contributed by atoms with Gasteiger partial charge in [-0.1, -0.05) is 121 Å². The molecule has 0 spiro atoms. The van der Waals surface area contributed by atoms with Crippen molar-refractivity contribution in [3.05, 3.63) is 182 Å². The Kier molecular flexibility index (Phi) is 5.96. The van der Waals surface area contributed by atoms with Crippen LogP contribution in [0.15, 0.2) is 186 Å². The summed E-state index contributed by atoms with van der Waals surface area (Å²) in [6.45, 7) is 0. The monoisotopic (exact) mass is 650 g/mol. The lowest BCUT2D eigenvalue weighted by atomic mass is 9.99. The molecule has 51 heavy (non-hydrogen) atoms. The molecule has 0 saturated heterocycles. The Labute approximate surface area is 293 Å². The second-order valence-electron chi connectivity index (χ2n) is 13.3. The van der Waals surface area contributed by atoms with Gasteiger partial charge < -0.3 is 13.6 Å². The topological polar surface area (TPSA) is 23.0 Å².